The summed E-state index contributed by atoms with van der Waals surface area (Å²) in [5, 5.41) is 0. The number of hydrogen-bond donors (Lipinski definition) is 0. The van der Waals surface area contributed by atoms with Crippen LogP contribution >= 0.6 is 0 Å². The number of unbranched alkanes of at least 4 members (excludes halogenated alkanes) is 16. The Morgan fingerprint density at radius 2 is 1.21 bits per heavy atom. The van der Waals surface area contributed by atoms with E-state index in [-0.39, 0.29) is 12.1 Å². The zero-order valence-electron chi connectivity index (χ0n) is 19.1. The minimum atomic E-state index is -0.00495. The minimum Gasteiger partial charge on any atom is -0.461 e. The van der Waals surface area contributed by atoms with Gasteiger partial charge in [-0.2, -0.15) is 0 Å². The minimum absolute atomic E-state index is 0.00495. The summed E-state index contributed by atoms with van der Waals surface area (Å²) >= 11 is 0. The second-order valence-electron chi connectivity index (χ2n) is 8.88. The molecule has 1 rings (SSSR count). The maximum absolute atomic E-state index is 11.8. The summed E-state index contributed by atoms with van der Waals surface area (Å²) in [7, 11) is 2.03. The van der Waals surface area contributed by atoms with Crippen molar-refractivity contribution in [3.63, 3.8) is 0 Å². The van der Waals surface area contributed by atoms with Gasteiger partial charge >= 0.3 is 5.97 Å². The Hall–Kier alpha value is -0.570. The van der Waals surface area contributed by atoms with E-state index in [2.05, 4.69) is 18.4 Å². The summed E-state index contributed by atoms with van der Waals surface area (Å²) in [6.45, 7) is 5.24. The van der Waals surface area contributed by atoms with Gasteiger partial charge < -0.3 is 4.74 Å². The van der Waals surface area contributed by atoms with Crippen LogP contribution in [0.2, 0.25) is 0 Å². The smallest absolute Gasteiger partial charge is 0.306 e. The highest BCUT2D eigenvalue weighted by molar-refractivity contribution is 5.69. The molecule has 1 aliphatic heterocycles. The molecule has 3 heteroatoms. The number of carbonyl (C=O) groups is 1. The van der Waals surface area contributed by atoms with Crippen molar-refractivity contribution in [2.24, 2.45) is 0 Å². The molecule has 0 aromatic rings. The van der Waals surface area contributed by atoms with E-state index in [4.69, 9.17) is 4.74 Å². The fraction of sp³-hybridized carbons (Fsp3) is 0.920. The van der Waals surface area contributed by atoms with E-state index >= 15 is 0 Å². The van der Waals surface area contributed by atoms with E-state index in [1.54, 1.807) is 0 Å². The van der Waals surface area contributed by atoms with Crippen molar-refractivity contribution < 1.29 is 9.53 Å². The molecule has 1 saturated heterocycles. The van der Waals surface area contributed by atoms with Crippen LogP contribution in [0.25, 0.3) is 0 Å². The van der Waals surface area contributed by atoms with Crippen molar-refractivity contribution in [2.75, 3.05) is 13.6 Å². The molecule has 0 bridgehead atoms. The van der Waals surface area contributed by atoms with E-state index in [0.717, 1.165) is 19.4 Å². The number of carbonyl (C=O) groups excluding carboxylic acids is 1. The number of esters is 1. The van der Waals surface area contributed by atoms with E-state index in [9.17, 15) is 4.79 Å². The Bertz CT molecular complexity index is 358. The van der Waals surface area contributed by atoms with Crippen molar-refractivity contribution in [3.05, 3.63) is 6.54 Å². The molecule has 0 aromatic heterocycles. The highest BCUT2D eigenvalue weighted by Crippen LogP contribution is 2.17. The van der Waals surface area contributed by atoms with Crippen LogP contribution < -0.4 is 0 Å². The fourth-order valence-corrected chi connectivity index (χ4v) is 4.09. The van der Waals surface area contributed by atoms with Crippen LogP contribution in [0.5, 0.6) is 0 Å². The summed E-state index contributed by atoms with van der Waals surface area (Å²) in [5.74, 6) is -0.00495. The topological polar surface area (TPSA) is 29.5 Å². The molecule has 1 unspecified atom stereocenters. The summed E-state index contributed by atoms with van der Waals surface area (Å²) < 4.78 is 5.50. The van der Waals surface area contributed by atoms with Crippen LogP contribution in [-0.2, 0) is 9.53 Å². The second kappa shape index (κ2) is 18.5. The van der Waals surface area contributed by atoms with Crippen LogP contribution in [0.3, 0.4) is 0 Å². The second-order valence-corrected chi connectivity index (χ2v) is 8.88. The summed E-state index contributed by atoms with van der Waals surface area (Å²) in [6.07, 6.45) is 24.8. The number of hydrogen-bond acceptors (Lipinski definition) is 3. The average molecular weight is 395 g/mol. The van der Waals surface area contributed by atoms with E-state index in [1.165, 1.54) is 103 Å². The highest BCUT2D eigenvalue weighted by Gasteiger charge is 2.22. The van der Waals surface area contributed by atoms with E-state index in [1.807, 2.05) is 7.05 Å². The molecule has 1 fully saturated rings. The molecule has 0 aromatic carbocycles. The largest absolute Gasteiger partial charge is 0.461 e. The van der Waals surface area contributed by atoms with Gasteiger partial charge in [0.1, 0.15) is 6.10 Å². The normalized spacial score (nSPS) is 17.3. The summed E-state index contributed by atoms with van der Waals surface area (Å²) in [4.78, 5) is 13.9. The molecule has 1 radical (unpaired) electrons. The predicted molar refractivity (Wildman–Crippen MR) is 120 cm³/mol. The van der Waals surface area contributed by atoms with Gasteiger partial charge in [0.05, 0.1) is 0 Å². The van der Waals surface area contributed by atoms with Crippen molar-refractivity contribution in [1.29, 1.82) is 0 Å². The van der Waals surface area contributed by atoms with Gasteiger partial charge in [0.15, 0.2) is 0 Å². The molecular formula is C25H48NO2. The number of rotatable bonds is 19. The van der Waals surface area contributed by atoms with Gasteiger partial charge in [0.25, 0.3) is 0 Å². The molecule has 28 heavy (non-hydrogen) atoms. The Morgan fingerprint density at radius 1 is 0.786 bits per heavy atom. The molecular weight excluding hydrogens is 346 g/mol. The average Bonchev–Trinajstić information content (AvgIpc) is 3.08. The molecule has 1 atom stereocenters. The SMILES string of the molecule is CCCCCCCCCCCCCCCCCCCC(=O)OC1C[CH]N(C)C1. The Labute approximate surface area is 176 Å². The number of ether oxygens (including phenoxy) is 1. The third-order valence-corrected chi connectivity index (χ3v) is 5.95. The molecule has 0 spiro atoms. The van der Waals surface area contributed by atoms with Crippen LogP contribution in [0, 0.1) is 6.54 Å². The van der Waals surface area contributed by atoms with Gasteiger partial charge in [-0.05, 0) is 13.5 Å². The van der Waals surface area contributed by atoms with Crippen LogP contribution in [-0.4, -0.2) is 30.6 Å². The molecule has 3 nitrogen and oxygen atoms in total. The van der Waals surface area contributed by atoms with Gasteiger partial charge in [-0.1, -0.05) is 110 Å². The standard InChI is InChI=1S/C25H48NO2/c1-3-4-5-6-7-8-9-10-11-12-13-14-15-16-17-18-19-20-25(27)28-24-21-22-26(2)23-24/h22,24H,3-21,23H2,1-2H3. The van der Waals surface area contributed by atoms with Gasteiger partial charge in [-0.3, -0.25) is 9.69 Å². The molecule has 0 aliphatic carbocycles. The Balaban J connectivity index is 1.71. The van der Waals surface area contributed by atoms with Crippen LogP contribution in [0.4, 0.5) is 0 Å². The lowest BCUT2D eigenvalue weighted by molar-refractivity contribution is -0.148. The third-order valence-electron chi connectivity index (χ3n) is 5.95. The first-order valence-corrected chi connectivity index (χ1v) is 12.5. The lowest BCUT2D eigenvalue weighted by Crippen LogP contribution is -2.21. The number of nitrogens with zero attached hydrogens (tertiary/aromatic N) is 1. The van der Waals surface area contributed by atoms with Crippen molar-refractivity contribution in [2.45, 2.75) is 135 Å². The maximum Gasteiger partial charge on any atom is 0.306 e. The summed E-state index contributed by atoms with van der Waals surface area (Å²) in [5.41, 5.74) is 0. The monoisotopic (exact) mass is 394 g/mol. The van der Waals surface area contributed by atoms with E-state index in [0.29, 0.717) is 6.42 Å². The first-order valence-electron chi connectivity index (χ1n) is 12.5. The lowest BCUT2D eigenvalue weighted by Gasteiger charge is -2.12. The number of likely N-dealkylation sites (N-methyl/N-ethyl adjacent to an activating group) is 1. The zero-order chi connectivity index (χ0) is 20.3. The van der Waals surface area contributed by atoms with Crippen molar-refractivity contribution in [3.8, 4) is 0 Å². The maximum atomic E-state index is 11.8. The number of likely N-dealkylation sites (tertiary alicyclic amines) is 1. The Kier molecular flexibility index (Phi) is 16.8. The van der Waals surface area contributed by atoms with E-state index < -0.39 is 0 Å². The summed E-state index contributed by atoms with van der Waals surface area (Å²) in [6, 6.07) is 0. The van der Waals surface area contributed by atoms with Crippen LogP contribution in [0.1, 0.15) is 129 Å². The lowest BCUT2D eigenvalue weighted by atomic mass is 10.0. The van der Waals surface area contributed by atoms with Gasteiger partial charge in [-0.15, -0.1) is 0 Å². The molecule has 0 saturated carbocycles. The molecule has 0 amide bonds. The molecule has 1 aliphatic rings. The van der Waals surface area contributed by atoms with Crippen molar-refractivity contribution in [1.82, 2.24) is 4.90 Å². The highest BCUT2D eigenvalue weighted by atomic mass is 16.5. The van der Waals surface area contributed by atoms with Gasteiger partial charge in [0.2, 0.25) is 0 Å². The predicted octanol–water partition coefficient (Wildman–Crippen LogP) is 7.44. The first-order chi connectivity index (χ1) is 13.7. The molecule has 0 N–H and O–H groups in total. The Morgan fingerprint density at radius 3 is 1.61 bits per heavy atom. The quantitative estimate of drug-likeness (QED) is 0.168. The van der Waals surface area contributed by atoms with Gasteiger partial charge in [0, 0.05) is 25.9 Å². The third kappa shape index (κ3) is 15.4. The van der Waals surface area contributed by atoms with Crippen LogP contribution in [0.15, 0.2) is 0 Å². The zero-order valence-corrected chi connectivity index (χ0v) is 19.1. The fourth-order valence-electron chi connectivity index (χ4n) is 4.09. The first kappa shape index (κ1) is 25.5. The molecule has 1 heterocycles. The van der Waals surface area contributed by atoms with Crippen molar-refractivity contribution >= 4 is 5.97 Å². The molecule has 165 valence electrons. The van der Waals surface area contributed by atoms with Gasteiger partial charge in [-0.25, -0.2) is 0 Å².